The van der Waals surface area contributed by atoms with Gasteiger partial charge in [0.2, 0.25) is 15.7 Å². The zero-order chi connectivity index (χ0) is 15.7. The first-order valence-corrected chi connectivity index (χ1v) is 8.30. The third kappa shape index (κ3) is 2.71. The van der Waals surface area contributed by atoms with Crippen molar-refractivity contribution in [2.75, 3.05) is 5.75 Å². The van der Waals surface area contributed by atoms with Crippen LogP contribution in [0.2, 0.25) is 0 Å². The van der Waals surface area contributed by atoms with Crippen LogP contribution < -0.4 is 0 Å². The minimum Gasteiger partial charge on any atom is -0.333 e. The van der Waals surface area contributed by atoms with Crippen LogP contribution in [-0.2, 0) is 27.7 Å². The van der Waals surface area contributed by atoms with Crippen LogP contribution in [0.25, 0.3) is 0 Å². The zero-order valence-corrected chi connectivity index (χ0v) is 12.4. The lowest BCUT2D eigenvalue weighted by Gasteiger charge is -2.15. The van der Waals surface area contributed by atoms with E-state index in [9.17, 15) is 17.6 Å². The van der Waals surface area contributed by atoms with Crippen LogP contribution in [-0.4, -0.2) is 30.0 Å². The van der Waals surface area contributed by atoms with Crippen LogP contribution in [0.4, 0.5) is 4.39 Å². The molecule has 0 saturated carbocycles. The second-order valence-corrected chi connectivity index (χ2v) is 6.97. The van der Waals surface area contributed by atoms with Gasteiger partial charge in [0.15, 0.2) is 10.8 Å². The largest absolute Gasteiger partial charge is 0.333 e. The Hall–Kier alpha value is -2.28. The Bertz CT molecular complexity index is 811. The number of rotatable bonds is 3. The van der Waals surface area contributed by atoms with Gasteiger partial charge >= 0.3 is 0 Å². The molecule has 1 aromatic heterocycles. The molecule has 0 saturated heterocycles. The van der Waals surface area contributed by atoms with Crippen molar-refractivity contribution in [1.29, 1.82) is 0 Å². The lowest BCUT2D eigenvalue weighted by molar-refractivity contribution is -0.129. The summed E-state index contributed by atoms with van der Waals surface area (Å²) in [6, 6.07) is 9.84. The molecule has 114 valence electrons. The summed E-state index contributed by atoms with van der Waals surface area (Å²) in [6.07, 6.45) is 1.19. The van der Waals surface area contributed by atoms with Crippen molar-refractivity contribution >= 4 is 15.7 Å². The van der Waals surface area contributed by atoms with E-state index >= 15 is 0 Å². The van der Waals surface area contributed by atoms with Gasteiger partial charge in [-0.3, -0.25) is 4.79 Å². The first-order chi connectivity index (χ1) is 10.5. The second kappa shape index (κ2) is 5.49. The molecule has 0 aliphatic carbocycles. The van der Waals surface area contributed by atoms with Crippen LogP contribution >= 0.6 is 0 Å². The molecule has 0 atom stereocenters. The summed E-state index contributed by atoms with van der Waals surface area (Å²) in [7, 11) is -4.09. The number of benzene rings is 1. The van der Waals surface area contributed by atoms with Crippen molar-refractivity contribution in [2.45, 2.75) is 18.1 Å². The van der Waals surface area contributed by atoms with Gasteiger partial charge in [-0.15, -0.1) is 0 Å². The lowest BCUT2D eigenvalue weighted by atomic mass is 10.1. The smallest absolute Gasteiger partial charge is 0.238 e. The van der Waals surface area contributed by atoms with E-state index in [1.807, 2.05) is 24.3 Å². The number of fused-ring (bicyclic) bond motifs is 1. The van der Waals surface area contributed by atoms with Crippen LogP contribution in [0.15, 0.2) is 47.6 Å². The van der Waals surface area contributed by atoms with Crippen LogP contribution in [0.5, 0.6) is 0 Å². The SMILES string of the molecule is O=C(CS(=O)(=O)c1ncccc1F)N1Cc2ccccc2C1. The van der Waals surface area contributed by atoms with Gasteiger partial charge in [0.05, 0.1) is 0 Å². The predicted octanol–water partition coefficient (Wildman–Crippen LogP) is 1.54. The molecule has 1 amide bonds. The average molecular weight is 320 g/mol. The number of nitrogens with zero attached hydrogens (tertiary/aromatic N) is 2. The van der Waals surface area contributed by atoms with Crippen molar-refractivity contribution in [1.82, 2.24) is 9.88 Å². The summed E-state index contributed by atoms with van der Waals surface area (Å²) in [5, 5.41) is -0.680. The molecule has 2 aromatic rings. The highest BCUT2D eigenvalue weighted by atomic mass is 32.2. The molecule has 0 bridgehead atoms. The van der Waals surface area contributed by atoms with Crippen molar-refractivity contribution in [3.05, 3.63) is 59.5 Å². The minimum atomic E-state index is -4.09. The van der Waals surface area contributed by atoms with E-state index < -0.39 is 32.3 Å². The number of halogens is 1. The molecule has 1 aliphatic rings. The summed E-state index contributed by atoms with van der Waals surface area (Å²) in [4.78, 5) is 17.2. The van der Waals surface area contributed by atoms with Crippen LogP contribution in [0.3, 0.4) is 0 Å². The third-order valence-corrected chi connectivity index (χ3v) is 5.04. The maximum atomic E-state index is 13.6. The summed E-state index contributed by atoms with van der Waals surface area (Å²) in [5.74, 6) is -2.28. The minimum absolute atomic E-state index is 0.370. The number of carbonyl (C=O) groups is 1. The van der Waals surface area contributed by atoms with Gasteiger partial charge in [-0.1, -0.05) is 24.3 Å². The fourth-order valence-corrected chi connectivity index (χ4v) is 3.66. The normalized spacial score (nSPS) is 14.0. The fourth-order valence-electron chi connectivity index (χ4n) is 2.43. The number of pyridine rings is 1. The van der Waals surface area contributed by atoms with E-state index in [-0.39, 0.29) is 0 Å². The number of sulfone groups is 1. The van der Waals surface area contributed by atoms with Gasteiger partial charge < -0.3 is 4.90 Å². The highest BCUT2D eigenvalue weighted by Gasteiger charge is 2.29. The Morgan fingerprint density at radius 2 is 1.77 bits per heavy atom. The highest BCUT2D eigenvalue weighted by Crippen LogP contribution is 2.23. The van der Waals surface area contributed by atoms with Gasteiger partial charge in [-0.25, -0.2) is 17.8 Å². The predicted molar refractivity (Wildman–Crippen MR) is 76.9 cm³/mol. The molecule has 5 nitrogen and oxygen atoms in total. The molecular weight excluding hydrogens is 307 g/mol. The van der Waals surface area contributed by atoms with Crippen molar-refractivity contribution in [3.8, 4) is 0 Å². The van der Waals surface area contributed by atoms with Crippen molar-refractivity contribution < 1.29 is 17.6 Å². The molecule has 0 spiro atoms. The number of aromatic nitrogens is 1. The quantitative estimate of drug-likeness (QED) is 0.860. The van der Waals surface area contributed by atoms with Gasteiger partial charge in [-0.05, 0) is 23.3 Å². The van der Waals surface area contributed by atoms with Crippen molar-refractivity contribution in [2.24, 2.45) is 0 Å². The summed E-state index contributed by atoms with van der Waals surface area (Å²) in [5.41, 5.74) is 1.99. The Balaban J connectivity index is 1.77. The van der Waals surface area contributed by atoms with Gasteiger partial charge in [0.1, 0.15) is 5.75 Å². The third-order valence-electron chi connectivity index (χ3n) is 3.53. The summed E-state index contributed by atoms with van der Waals surface area (Å²) in [6.45, 7) is 0.741. The Morgan fingerprint density at radius 1 is 1.14 bits per heavy atom. The molecule has 1 aromatic carbocycles. The molecule has 2 heterocycles. The molecule has 0 N–H and O–H groups in total. The van der Waals surface area contributed by atoms with Gasteiger partial charge in [-0.2, -0.15) is 0 Å². The summed E-state index contributed by atoms with van der Waals surface area (Å²) < 4.78 is 37.8. The number of carbonyl (C=O) groups excluding carboxylic acids is 1. The van der Waals surface area contributed by atoms with Crippen LogP contribution in [0.1, 0.15) is 11.1 Å². The molecule has 22 heavy (non-hydrogen) atoms. The second-order valence-electron chi connectivity index (χ2n) is 5.07. The van der Waals surface area contributed by atoms with Gasteiger partial charge in [0.25, 0.3) is 0 Å². The highest BCUT2D eigenvalue weighted by molar-refractivity contribution is 7.92. The molecule has 0 radical (unpaired) electrons. The fraction of sp³-hybridized carbons (Fsp3) is 0.200. The monoisotopic (exact) mass is 320 g/mol. The summed E-state index contributed by atoms with van der Waals surface area (Å²) >= 11 is 0. The number of hydrogen-bond donors (Lipinski definition) is 0. The topological polar surface area (TPSA) is 67.3 Å². The van der Waals surface area contributed by atoms with E-state index in [1.54, 1.807) is 0 Å². The molecule has 0 unspecified atom stereocenters. The van der Waals surface area contributed by atoms with Crippen LogP contribution in [0, 0.1) is 5.82 Å². The van der Waals surface area contributed by atoms with E-state index in [2.05, 4.69) is 4.98 Å². The maximum absolute atomic E-state index is 13.6. The Morgan fingerprint density at radius 3 is 2.36 bits per heavy atom. The van der Waals surface area contributed by atoms with E-state index in [0.717, 1.165) is 17.2 Å². The average Bonchev–Trinajstić information content (AvgIpc) is 2.91. The van der Waals surface area contributed by atoms with E-state index in [1.165, 1.54) is 17.2 Å². The molecule has 3 rings (SSSR count). The molecule has 0 fully saturated rings. The van der Waals surface area contributed by atoms with E-state index in [4.69, 9.17) is 0 Å². The number of amides is 1. The first-order valence-electron chi connectivity index (χ1n) is 6.65. The van der Waals surface area contributed by atoms with E-state index in [0.29, 0.717) is 13.1 Å². The van der Waals surface area contributed by atoms with Gasteiger partial charge in [0, 0.05) is 19.3 Å². The molecule has 1 aliphatic heterocycles. The van der Waals surface area contributed by atoms with Crippen molar-refractivity contribution in [3.63, 3.8) is 0 Å². The lowest BCUT2D eigenvalue weighted by Crippen LogP contribution is -2.32. The zero-order valence-electron chi connectivity index (χ0n) is 11.6. The number of hydrogen-bond acceptors (Lipinski definition) is 4. The molecule has 7 heteroatoms. The molecular formula is C15H13FN2O3S. The first kappa shape index (κ1) is 14.6. The maximum Gasteiger partial charge on any atom is 0.238 e. The Kier molecular flexibility index (Phi) is 3.66. The standard InChI is InChI=1S/C15H13FN2O3S/c16-13-6-3-7-17-15(13)22(20,21)10-14(19)18-8-11-4-1-2-5-12(11)9-18/h1-7H,8-10H2. The Labute approximate surface area is 127 Å².